The van der Waals surface area contributed by atoms with Crippen LogP contribution in [0.25, 0.3) is 10.7 Å². The van der Waals surface area contributed by atoms with Crippen LogP contribution >= 0.6 is 22.9 Å². The van der Waals surface area contributed by atoms with Crippen LogP contribution < -0.4 is 0 Å². The molecule has 0 N–H and O–H groups in total. The van der Waals surface area contributed by atoms with E-state index < -0.39 is 0 Å². The Morgan fingerprint density at radius 3 is 2.73 bits per heavy atom. The highest BCUT2D eigenvalue weighted by Crippen LogP contribution is 2.25. The van der Waals surface area contributed by atoms with Gasteiger partial charge in [0.05, 0.1) is 4.88 Å². The molecule has 0 bridgehead atoms. The van der Waals surface area contributed by atoms with E-state index >= 15 is 0 Å². The van der Waals surface area contributed by atoms with E-state index in [4.69, 9.17) is 11.6 Å². The molecule has 2 heterocycles. The highest BCUT2D eigenvalue weighted by atomic mass is 35.5. The van der Waals surface area contributed by atoms with Crippen LogP contribution in [-0.4, -0.2) is 9.97 Å². The summed E-state index contributed by atoms with van der Waals surface area (Å²) in [6.07, 6.45) is 0.870. The lowest BCUT2D eigenvalue weighted by Gasteiger charge is -2.06. The molecule has 0 aromatic carbocycles. The second-order valence-electron chi connectivity index (χ2n) is 3.23. The van der Waals surface area contributed by atoms with Gasteiger partial charge in [0, 0.05) is 11.3 Å². The highest BCUT2D eigenvalue weighted by Gasteiger charge is 2.09. The summed E-state index contributed by atoms with van der Waals surface area (Å²) in [7, 11) is 0. The van der Waals surface area contributed by atoms with Gasteiger partial charge in [-0.25, -0.2) is 9.97 Å². The van der Waals surface area contributed by atoms with Gasteiger partial charge >= 0.3 is 0 Å². The maximum absolute atomic E-state index is 6.11. The lowest BCUT2D eigenvalue weighted by molar-refractivity contribution is 1.00. The van der Waals surface area contributed by atoms with E-state index in [0.29, 0.717) is 5.15 Å². The van der Waals surface area contributed by atoms with Crippen molar-refractivity contribution in [3.63, 3.8) is 0 Å². The van der Waals surface area contributed by atoms with Gasteiger partial charge in [0.25, 0.3) is 0 Å². The SMILES string of the molecule is CCc1c(C)nc(-c2cccs2)nc1Cl. The molecule has 2 aromatic rings. The quantitative estimate of drug-likeness (QED) is 0.745. The zero-order chi connectivity index (χ0) is 10.8. The first-order valence-electron chi connectivity index (χ1n) is 4.79. The van der Waals surface area contributed by atoms with Gasteiger partial charge in [-0.05, 0) is 24.8 Å². The van der Waals surface area contributed by atoms with E-state index in [0.717, 1.165) is 28.4 Å². The van der Waals surface area contributed by atoms with Crippen molar-refractivity contribution in [1.29, 1.82) is 0 Å². The van der Waals surface area contributed by atoms with Gasteiger partial charge in [0.1, 0.15) is 5.15 Å². The topological polar surface area (TPSA) is 25.8 Å². The normalized spacial score (nSPS) is 10.6. The van der Waals surface area contributed by atoms with E-state index in [1.165, 1.54) is 0 Å². The molecule has 0 saturated heterocycles. The van der Waals surface area contributed by atoms with E-state index in [1.54, 1.807) is 11.3 Å². The molecule has 2 aromatic heterocycles. The molecule has 0 saturated carbocycles. The first-order chi connectivity index (χ1) is 7.22. The van der Waals surface area contributed by atoms with Crippen LogP contribution in [0, 0.1) is 6.92 Å². The molecule has 2 rings (SSSR count). The minimum atomic E-state index is 0.577. The summed E-state index contributed by atoms with van der Waals surface area (Å²) in [5.74, 6) is 0.727. The molecule has 0 fully saturated rings. The van der Waals surface area contributed by atoms with Crippen LogP contribution in [0.1, 0.15) is 18.2 Å². The summed E-state index contributed by atoms with van der Waals surface area (Å²) in [5, 5.41) is 2.59. The molecule has 2 nitrogen and oxygen atoms in total. The molecule has 0 aliphatic heterocycles. The smallest absolute Gasteiger partial charge is 0.171 e. The zero-order valence-electron chi connectivity index (χ0n) is 8.62. The number of hydrogen-bond acceptors (Lipinski definition) is 3. The van der Waals surface area contributed by atoms with E-state index in [9.17, 15) is 0 Å². The first-order valence-corrected chi connectivity index (χ1v) is 6.05. The Morgan fingerprint density at radius 1 is 1.40 bits per heavy atom. The monoisotopic (exact) mass is 238 g/mol. The zero-order valence-corrected chi connectivity index (χ0v) is 10.2. The molecule has 78 valence electrons. The fraction of sp³-hybridized carbons (Fsp3) is 0.273. The van der Waals surface area contributed by atoms with E-state index in [2.05, 4.69) is 16.9 Å². The molecular weight excluding hydrogens is 228 g/mol. The third-order valence-corrected chi connectivity index (χ3v) is 3.44. The fourth-order valence-electron chi connectivity index (χ4n) is 1.48. The Bertz CT molecular complexity index is 442. The Labute approximate surface area is 98.0 Å². The Morgan fingerprint density at radius 2 is 2.20 bits per heavy atom. The van der Waals surface area contributed by atoms with Gasteiger partial charge < -0.3 is 0 Å². The third kappa shape index (κ3) is 2.03. The average molecular weight is 239 g/mol. The van der Waals surface area contributed by atoms with Crippen LogP contribution in [0.4, 0.5) is 0 Å². The van der Waals surface area contributed by atoms with Crippen molar-refractivity contribution in [3.05, 3.63) is 33.9 Å². The second kappa shape index (κ2) is 4.29. The number of nitrogens with zero attached hydrogens (tertiary/aromatic N) is 2. The van der Waals surface area contributed by atoms with E-state index in [-0.39, 0.29) is 0 Å². The predicted molar refractivity (Wildman–Crippen MR) is 64.5 cm³/mol. The minimum Gasteiger partial charge on any atom is -0.232 e. The first kappa shape index (κ1) is 10.6. The van der Waals surface area contributed by atoms with Gasteiger partial charge in [-0.15, -0.1) is 11.3 Å². The largest absolute Gasteiger partial charge is 0.232 e. The number of halogens is 1. The summed E-state index contributed by atoms with van der Waals surface area (Å²) in [4.78, 5) is 9.83. The summed E-state index contributed by atoms with van der Waals surface area (Å²) < 4.78 is 0. The van der Waals surface area contributed by atoms with Gasteiger partial charge in [0.15, 0.2) is 5.82 Å². The lowest BCUT2D eigenvalue weighted by atomic mass is 10.2. The highest BCUT2D eigenvalue weighted by molar-refractivity contribution is 7.13. The summed E-state index contributed by atoms with van der Waals surface area (Å²) in [5.41, 5.74) is 2.01. The molecule has 0 aliphatic rings. The third-order valence-electron chi connectivity index (χ3n) is 2.26. The van der Waals surface area contributed by atoms with Gasteiger partial charge in [-0.3, -0.25) is 0 Å². The summed E-state index contributed by atoms with van der Waals surface area (Å²) >= 11 is 7.73. The molecule has 0 atom stereocenters. The number of aromatic nitrogens is 2. The molecule has 0 amide bonds. The molecular formula is C11H11ClN2S. The van der Waals surface area contributed by atoms with Crippen molar-refractivity contribution in [2.75, 3.05) is 0 Å². The second-order valence-corrected chi connectivity index (χ2v) is 4.54. The predicted octanol–water partition coefficient (Wildman–Crippen LogP) is 3.73. The van der Waals surface area contributed by atoms with Crippen molar-refractivity contribution >= 4 is 22.9 Å². The van der Waals surface area contributed by atoms with Gasteiger partial charge in [0.2, 0.25) is 0 Å². The van der Waals surface area contributed by atoms with Crippen LogP contribution in [0.2, 0.25) is 5.15 Å². The lowest BCUT2D eigenvalue weighted by Crippen LogP contribution is -1.98. The Hall–Kier alpha value is -0.930. The van der Waals surface area contributed by atoms with Crippen molar-refractivity contribution in [1.82, 2.24) is 9.97 Å². The average Bonchev–Trinajstić information content (AvgIpc) is 2.69. The van der Waals surface area contributed by atoms with Crippen LogP contribution in [0.5, 0.6) is 0 Å². The van der Waals surface area contributed by atoms with Crippen molar-refractivity contribution in [2.24, 2.45) is 0 Å². The van der Waals surface area contributed by atoms with Crippen LogP contribution in [0.15, 0.2) is 17.5 Å². The molecule has 0 unspecified atom stereocenters. The number of hydrogen-bond donors (Lipinski definition) is 0. The van der Waals surface area contributed by atoms with E-state index in [1.807, 2.05) is 24.4 Å². The Balaban J connectivity index is 2.53. The molecule has 0 spiro atoms. The molecule has 15 heavy (non-hydrogen) atoms. The van der Waals surface area contributed by atoms with Crippen LogP contribution in [-0.2, 0) is 6.42 Å². The number of thiophene rings is 1. The molecule has 4 heteroatoms. The number of rotatable bonds is 2. The maximum atomic E-state index is 6.11. The Kier molecular flexibility index (Phi) is 3.03. The van der Waals surface area contributed by atoms with Gasteiger partial charge in [-0.2, -0.15) is 0 Å². The fourth-order valence-corrected chi connectivity index (χ4v) is 2.49. The van der Waals surface area contributed by atoms with Crippen molar-refractivity contribution in [3.8, 4) is 10.7 Å². The minimum absolute atomic E-state index is 0.577. The summed E-state index contributed by atoms with van der Waals surface area (Å²) in [6, 6.07) is 3.99. The number of aryl methyl sites for hydroxylation is 1. The standard InChI is InChI=1S/C11H11ClN2S/c1-3-8-7(2)13-11(14-10(8)12)9-5-4-6-15-9/h4-6H,3H2,1-2H3. The molecule has 0 radical (unpaired) electrons. The van der Waals surface area contributed by atoms with Crippen LogP contribution in [0.3, 0.4) is 0 Å². The molecule has 0 aliphatic carbocycles. The van der Waals surface area contributed by atoms with Crippen molar-refractivity contribution < 1.29 is 0 Å². The maximum Gasteiger partial charge on any atom is 0.171 e. The van der Waals surface area contributed by atoms with Gasteiger partial charge in [-0.1, -0.05) is 24.6 Å². The summed E-state index contributed by atoms with van der Waals surface area (Å²) in [6.45, 7) is 4.03. The van der Waals surface area contributed by atoms with Crippen molar-refractivity contribution in [2.45, 2.75) is 20.3 Å².